The SMILES string of the molecule is C=CC(=O)N1CC(C)N(c2nc(=O)n(-c3c(C)ccnc3C(C)C)c3nc(-c4cccc(C)c4)c(Cl)cc23)CC1C. The van der Waals surface area contributed by atoms with Gasteiger partial charge in [0, 0.05) is 36.9 Å². The first-order valence-electron chi connectivity index (χ1n) is 13.9. The third kappa shape index (κ3) is 5.12. The molecule has 0 N–H and O–H groups in total. The molecule has 0 aliphatic carbocycles. The standard InChI is InChI=1S/C32H35ClN6O2/c1-8-26(40)37-16-22(7)38(17-21(37)6)30-24-15-25(33)28(23-11-9-10-19(4)14-23)35-31(24)39(32(41)36-30)29-20(5)12-13-34-27(29)18(2)3/h8-15,18,21-22H,1,16-17H2,2-7H3. The van der Waals surface area contributed by atoms with E-state index in [2.05, 4.69) is 35.3 Å². The molecular weight excluding hydrogens is 536 g/mol. The molecule has 0 saturated carbocycles. The van der Waals surface area contributed by atoms with Gasteiger partial charge in [0.1, 0.15) is 5.82 Å². The minimum atomic E-state index is -0.444. The fraction of sp³-hybridized carbons (Fsp3) is 0.344. The summed E-state index contributed by atoms with van der Waals surface area (Å²) >= 11 is 6.93. The highest BCUT2D eigenvalue weighted by Crippen LogP contribution is 2.36. The Balaban J connectivity index is 1.82. The molecule has 8 nitrogen and oxygen atoms in total. The summed E-state index contributed by atoms with van der Waals surface area (Å²) in [5.74, 6) is 0.452. The Kier molecular flexibility index (Phi) is 7.70. The van der Waals surface area contributed by atoms with Crippen LogP contribution in [0, 0.1) is 13.8 Å². The molecule has 212 valence electrons. The van der Waals surface area contributed by atoms with Crippen LogP contribution >= 0.6 is 11.6 Å². The van der Waals surface area contributed by atoms with Crippen LogP contribution in [-0.4, -0.2) is 55.5 Å². The van der Waals surface area contributed by atoms with Gasteiger partial charge in [0.15, 0.2) is 5.65 Å². The van der Waals surface area contributed by atoms with Gasteiger partial charge in [0.2, 0.25) is 5.91 Å². The number of nitrogens with zero attached hydrogens (tertiary/aromatic N) is 6. The topological polar surface area (TPSA) is 84.2 Å². The van der Waals surface area contributed by atoms with Crippen molar-refractivity contribution in [2.24, 2.45) is 0 Å². The monoisotopic (exact) mass is 570 g/mol. The number of rotatable bonds is 5. The number of amides is 1. The summed E-state index contributed by atoms with van der Waals surface area (Å²) in [7, 11) is 0. The summed E-state index contributed by atoms with van der Waals surface area (Å²) in [6.45, 7) is 16.7. The average Bonchev–Trinajstić information content (AvgIpc) is 2.93. The number of anilines is 1. The number of aryl methyl sites for hydroxylation is 2. The predicted molar refractivity (Wildman–Crippen MR) is 165 cm³/mol. The molecule has 4 aromatic rings. The zero-order valence-corrected chi connectivity index (χ0v) is 25.1. The van der Waals surface area contributed by atoms with Crippen LogP contribution in [0.15, 0.2) is 60.0 Å². The molecule has 3 aromatic heterocycles. The second-order valence-corrected chi connectivity index (χ2v) is 11.6. The van der Waals surface area contributed by atoms with Crippen LogP contribution in [0.5, 0.6) is 0 Å². The zero-order valence-electron chi connectivity index (χ0n) is 24.3. The Hall–Kier alpha value is -4.04. The smallest absolute Gasteiger partial charge is 0.349 e. The van der Waals surface area contributed by atoms with Gasteiger partial charge in [0.05, 0.1) is 27.5 Å². The van der Waals surface area contributed by atoms with Crippen molar-refractivity contribution in [3.05, 3.63) is 87.6 Å². The van der Waals surface area contributed by atoms with Gasteiger partial charge < -0.3 is 9.80 Å². The molecule has 1 amide bonds. The zero-order chi connectivity index (χ0) is 29.6. The highest BCUT2D eigenvalue weighted by Gasteiger charge is 2.34. The highest BCUT2D eigenvalue weighted by atomic mass is 35.5. The molecule has 1 aliphatic heterocycles. The molecule has 0 spiro atoms. The summed E-state index contributed by atoms with van der Waals surface area (Å²) < 4.78 is 1.58. The summed E-state index contributed by atoms with van der Waals surface area (Å²) in [6.07, 6.45) is 3.10. The number of halogens is 1. The number of benzene rings is 1. The minimum absolute atomic E-state index is 0.0615. The average molecular weight is 571 g/mol. The highest BCUT2D eigenvalue weighted by molar-refractivity contribution is 6.33. The molecule has 4 heterocycles. The Bertz CT molecular complexity index is 1730. The van der Waals surface area contributed by atoms with E-state index in [9.17, 15) is 9.59 Å². The lowest BCUT2D eigenvalue weighted by Gasteiger charge is -2.44. The lowest BCUT2D eigenvalue weighted by Crippen LogP contribution is -2.58. The molecule has 1 aliphatic rings. The molecular formula is C32H35ClN6O2. The van der Waals surface area contributed by atoms with E-state index < -0.39 is 5.69 Å². The first kappa shape index (κ1) is 28.5. The number of hydrogen-bond donors (Lipinski definition) is 0. The van der Waals surface area contributed by atoms with Crippen molar-refractivity contribution >= 4 is 34.4 Å². The molecule has 0 bridgehead atoms. The van der Waals surface area contributed by atoms with Gasteiger partial charge in [-0.2, -0.15) is 4.98 Å². The Morgan fingerprint density at radius 1 is 1.10 bits per heavy atom. The molecule has 1 aromatic carbocycles. The fourth-order valence-corrected chi connectivity index (χ4v) is 5.91. The van der Waals surface area contributed by atoms with Gasteiger partial charge in [-0.15, -0.1) is 0 Å². The van der Waals surface area contributed by atoms with E-state index in [4.69, 9.17) is 16.6 Å². The van der Waals surface area contributed by atoms with Crippen LogP contribution in [0.25, 0.3) is 28.0 Å². The van der Waals surface area contributed by atoms with E-state index in [0.29, 0.717) is 46.3 Å². The van der Waals surface area contributed by atoms with Crippen LogP contribution in [0.1, 0.15) is 50.4 Å². The Morgan fingerprint density at radius 3 is 2.54 bits per heavy atom. The lowest BCUT2D eigenvalue weighted by molar-refractivity contribution is -0.128. The van der Waals surface area contributed by atoms with E-state index in [1.54, 1.807) is 15.7 Å². The molecule has 0 radical (unpaired) electrons. The third-order valence-corrected chi connectivity index (χ3v) is 8.02. The van der Waals surface area contributed by atoms with Crippen molar-refractivity contribution in [3.63, 3.8) is 0 Å². The molecule has 1 fully saturated rings. The van der Waals surface area contributed by atoms with Crippen molar-refractivity contribution < 1.29 is 4.79 Å². The van der Waals surface area contributed by atoms with Gasteiger partial charge in [-0.05, 0) is 63.5 Å². The van der Waals surface area contributed by atoms with Crippen LogP contribution in [-0.2, 0) is 4.79 Å². The van der Waals surface area contributed by atoms with Crippen molar-refractivity contribution in [2.75, 3.05) is 18.0 Å². The van der Waals surface area contributed by atoms with Crippen LogP contribution in [0.2, 0.25) is 5.02 Å². The van der Waals surface area contributed by atoms with Gasteiger partial charge >= 0.3 is 5.69 Å². The number of pyridine rings is 2. The molecule has 9 heteroatoms. The molecule has 2 atom stereocenters. The summed E-state index contributed by atoms with van der Waals surface area (Å²) in [5, 5.41) is 1.12. The van der Waals surface area contributed by atoms with Crippen molar-refractivity contribution in [1.29, 1.82) is 0 Å². The van der Waals surface area contributed by atoms with Gasteiger partial charge in [-0.1, -0.05) is 55.8 Å². The molecule has 41 heavy (non-hydrogen) atoms. The predicted octanol–water partition coefficient (Wildman–Crippen LogP) is 5.85. The number of piperazine rings is 1. The largest absolute Gasteiger partial charge is 0.355 e. The van der Waals surface area contributed by atoms with Crippen molar-refractivity contribution in [3.8, 4) is 16.9 Å². The van der Waals surface area contributed by atoms with E-state index in [1.807, 2.05) is 64.1 Å². The second-order valence-electron chi connectivity index (χ2n) is 11.2. The molecule has 1 saturated heterocycles. The van der Waals surface area contributed by atoms with E-state index in [1.165, 1.54) is 6.08 Å². The number of hydrogen-bond acceptors (Lipinski definition) is 6. The van der Waals surface area contributed by atoms with Crippen molar-refractivity contribution in [2.45, 2.75) is 59.5 Å². The normalized spacial score (nSPS) is 17.4. The Labute approximate surface area is 245 Å². The van der Waals surface area contributed by atoms with E-state index in [-0.39, 0.29) is 23.9 Å². The number of carbonyl (C=O) groups is 1. The number of fused-ring (bicyclic) bond motifs is 1. The summed E-state index contributed by atoms with van der Waals surface area (Å²) in [4.78, 5) is 44.8. The third-order valence-electron chi connectivity index (χ3n) is 7.73. The number of aromatic nitrogens is 4. The van der Waals surface area contributed by atoms with Gasteiger partial charge in [-0.3, -0.25) is 9.78 Å². The van der Waals surface area contributed by atoms with E-state index in [0.717, 1.165) is 22.4 Å². The van der Waals surface area contributed by atoms with Crippen LogP contribution in [0.3, 0.4) is 0 Å². The van der Waals surface area contributed by atoms with E-state index >= 15 is 0 Å². The molecule has 5 rings (SSSR count). The Morgan fingerprint density at radius 2 is 1.85 bits per heavy atom. The van der Waals surface area contributed by atoms with Gasteiger partial charge in [0.25, 0.3) is 0 Å². The molecule has 2 unspecified atom stereocenters. The maximum atomic E-state index is 14.1. The van der Waals surface area contributed by atoms with Crippen LogP contribution in [0.4, 0.5) is 5.82 Å². The lowest BCUT2D eigenvalue weighted by atomic mass is 10.0. The minimum Gasteiger partial charge on any atom is -0.349 e. The van der Waals surface area contributed by atoms with Crippen LogP contribution < -0.4 is 10.6 Å². The number of carbonyl (C=O) groups excluding carboxylic acids is 1. The fourth-order valence-electron chi connectivity index (χ4n) is 5.65. The first-order valence-corrected chi connectivity index (χ1v) is 14.3. The quantitative estimate of drug-likeness (QED) is 0.280. The van der Waals surface area contributed by atoms with Crippen molar-refractivity contribution in [1.82, 2.24) is 24.4 Å². The maximum Gasteiger partial charge on any atom is 0.355 e. The summed E-state index contributed by atoms with van der Waals surface area (Å²) in [5.41, 5.74) is 4.91. The van der Waals surface area contributed by atoms with Gasteiger partial charge in [-0.25, -0.2) is 14.3 Å². The second kappa shape index (κ2) is 11.1. The first-order chi connectivity index (χ1) is 19.5. The maximum absolute atomic E-state index is 14.1. The summed E-state index contributed by atoms with van der Waals surface area (Å²) in [6, 6.07) is 11.5.